The van der Waals surface area contributed by atoms with Crippen LogP contribution >= 0.6 is 22.7 Å². The monoisotopic (exact) mass is 519 g/mol. The van der Waals surface area contributed by atoms with Crippen LogP contribution in [0.4, 0.5) is 10.1 Å². The first-order valence-electron chi connectivity index (χ1n) is 10.2. The number of carboxylic acids is 1. The molecular formula is C22H16FN2O6S3+. The lowest BCUT2D eigenvalue weighted by molar-refractivity contribution is -0.657. The molecule has 2 aromatic carbocycles. The number of ether oxygens (including phenoxy) is 1. The minimum Gasteiger partial charge on any atom is -0.743 e. The number of aliphatic carboxylic acids is 1. The summed E-state index contributed by atoms with van der Waals surface area (Å²) in [5, 5.41) is 11.7. The Morgan fingerprint density at radius 3 is 2.82 bits per heavy atom. The molecule has 1 N–H and O–H groups in total. The number of carbonyl (C=O) groups is 1. The van der Waals surface area contributed by atoms with Gasteiger partial charge in [0.2, 0.25) is 12.1 Å². The predicted octanol–water partition coefficient (Wildman–Crippen LogP) is 3.60. The zero-order chi connectivity index (χ0) is 23.8. The summed E-state index contributed by atoms with van der Waals surface area (Å²) in [6.07, 6.45) is 1.69. The molecule has 0 radical (unpaired) electrons. The number of nitrogens with zero attached hydrogens (tertiary/aromatic N) is 2. The van der Waals surface area contributed by atoms with Gasteiger partial charge < -0.3 is 14.4 Å². The molecule has 0 aliphatic carbocycles. The standard InChI is InChI=1S/C22H15FN2O6S3/c23-13-1-2-16-15(8-13)25(5-3-21(25)34(28,29)30)20(31-16)10-19-24(11-22(26)27)14-7-12-4-6-32-17(12)9-18(14)33-19/h1-2,4,6-10,21H,3,5,11H2/p+1. The molecule has 0 saturated carbocycles. The Balaban J connectivity index is 1.58. The zero-order valence-corrected chi connectivity index (χ0v) is 19.8. The number of thiophene rings is 1. The summed E-state index contributed by atoms with van der Waals surface area (Å²) in [5.41, 5.74) is 0.989. The summed E-state index contributed by atoms with van der Waals surface area (Å²) in [5.74, 6) is -1.19. The predicted molar refractivity (Wildman–Crippen MR) is 125 cm³/mol. The maximum Gasteiger partial charge on any atom is 0.370 e. The molecule has 2 aromatic heterocycles. The minimum absolute atomic E-state index is 0.111. The average Bonchev–Trinajstić information content (AvgIpc) is 3.39. The summed E-state index contributed by atoms with van der Waals surface area (Å²) >= 11 is 2.91. The number of thiazole rings is 1. The smallest absolute Gasteiger partial charge is 0.370 e. The topological polar surface area (TPSA) is 108 Å². The second-order valence-corrected chi connectivity index (χ2v) is 11.8. The van der Waals surface area contributed by atoms with Crippen LogP contribution in [0.15, 0.2) is 47.7 Å². The van der Waals surface area contributed by atoms with Gasteiger partial charge in [0.1, 0.15) is 16.6 Å². The van der Waals surface area contributed by atoms with Gasteiger partial charge in [0.25, 0.3) is 5.01 Å². The molecule has 2 unspecified atom stereocenters. The van der Waals surface area contributed by atoms with Crippen molar-refractivity contribution in [3.63, 3.8) is 0 Å². The number of rotatable bonds is 4. The third kappa shape index (κ3) is 3.10. The van der Waals surface area contributed by atoms with E-state index in [1.165, 1.54) is 29.5 Å². The van der Waals surface area contributed by atoms with Gasteiger partial charge in [-0.3, -0.25) is 0 Å². The highest BCUT2D eigenvalue weighted by atomic mass is 32.2. The second kappa shape index (κ2) is 7.30. The normalized spacial score (nSPS) is 22.9. The van der Waals surface area contributed by atoms with E-state index in [1.807, 2.05) is 23.6 Å². The van der Waals surface area contributed by atoms with Gasteiger partial charge >= 0.3 is 11.9 Å². The van der Waals surface area contributed by atoms with Gasteiger partial charge in [-0.15, -0.1) is 11.3 Å². The van der Waals surface area contributed by atoms with Gasteiger partial charge in [-0.2, -0.15) is 4.57 Å². The number of quaternary nitrogens is 1. The molecule has 2 aliphatic rings. The molecule has 2 aliphatic heterocycles. The molecule has 6 rings (SSSR count). The highest BCUT2D eigenvalue weighted by Crippen LogP contribution is 2.53. The third-order valence-corrected chi connectivity index (χ3v) is 9.59. The molecule has 1 spiro atoms. The van der Waals surface area contributed by atoms with E-state index in [9.17, 15) is 27.3 Å². The highest BCUT2D eigenvalue weighted by molar-refractivity contribution is 7.86. The Bertz CT molecular complexity index is 1660. The van der Waals surface area contributed by atoms with Crippen molar-refractivity contribution in [3.8, 4) is 5.75 Å². The van der Waals surface area contributed by atoms with E-state index in [-0.39, 0.29) is 36.8 Å². The fourth-order valence-electron chi connectivity index (χ4n) is 4.80. The summed E-state index contributed by atoms with van der Waals surface area (Å²) in [7, 11) is -4.73. The second-order valence-electron chi connectivity index (χ2n) is 8.22. The molecule has 1 fully saturated rings. The Labute approximate surface area is 200 Å². The molecule has 34 heavy (non-hydrogen) atoms. The average molecular weight is 520 g/mol. The summed E-state index contributed by atoms with van der Waals surface area (Å²) in [4.78, 5) is 11.7. The van der Waals surface area contributed by atoms with Crippen LogP contribution in [0.1, 0.15) is 11.4 Å². The molecule has 0 amide bonds. The number of fused-ring (bicyclic) bond motifs is 4. The van der Waals surface area contributed by atoms with E-state index >= 15 is 0 Å². The first-order valence-corrected chi connectivity index (χ1v) is 13.4. The van der Waals surface area contributed by atoms with E-state index < -0.39 is 31.8 Å². The number of aromatic nitrogens is 1. The van der Waals surface area contributed by atoms with Crippen molar-refractivity contribution in [3.05, 3.63) is 58.5 Å². The highest BCUT2D eigenvalue weighted by Gasteiger charge is 2.61. The van der Waals surface area contributed by atoms with Crippen LogP contribution < -0.4 is 13.8 Å². The first kappa shape index (κ1) is 21.6. The van der Waals surface area contributed by atoms with Crippen LogP contribution in [0.25, 0.3) is 26.4 Å². The fraction of sp³-hybridized carbons (Fsp3) is 0.182. The van der Waals surface area contributed by atoms with Crippen LogP contribution in [-0.2, 0) is 21.5 Å². The zero-order valence-electron chi connectivity index (χ0n) is 17.3. The molecule has 12 heteroatoms. The Kier molecular flexibility index (Phi) is 4.64. The molecule has 1 saturated heterocycles. The van der Waals surface area contributed by atoms with Gasteiger partial charge in [0.15, 0.2) is 26.9 Å². The van der Waals surface area contributed by atoms with Crippen molar-refractivity contribution < 1.29 is 36.6 Å². The lowest BCUT2D eigenvalue weighted by Gasteiger charge is -2.47. The van der Waals surface area contributed by atoms with E-state index in [0.717, 1.165) is 20.3 Å². The van der Waals surface area contributed by atoms with Crippen LogP contribution in [0, 0.1) is 5.82 Å². The number of carboxylic acid groups (broad SMARTS) is 1. The lowest BCUT2D eigenvalue weighted by atomic mass is 10.1. The van der Waals surface area contributed by atoms with E-state index in [2.05, 4.69) is 0 Å². The van der Waals surface area contributed by atoms with Gasteiger partial charge in [-0.25, -0.2) is 22.1 Å². The van der Waals surface area contributed by atoms with Gasteiger partial charge in [-0.05, 0) is 35.0 Å². The molecule has 174 valence electrons. The van der Waals surface area contributed by atoms with Crippen molar-refractivity contribution in [1.82, 2.24) is 4.48 Å². The van der Waals surface area contributed by atoms with Crippen molar-refractivity contribution in [1.29, 1.82) is 0 Å². The maximum atomic E-state index is 14.1. The summed E-state index contributed by atoms with van der Waals surface area (Å²) in [6.45, 7) is -0.0758. The molecule has 4 aromatic rings. The fourth-order valence-corrected chi connectivity index (χ4v) is 7.95. The van der Waals surface area contributed by atoms with Crippen LogP contribution in [0.2, 0.25) is 0 Å². The number of hydrogen-bond donors (Lipinski definition) is 1. The molecule has 0 bridgehead atoms. The van der Waals surface area contributed by atoms with Crippen molar-refractivity contribution >= 4 is 70.8 Å². The van der Waals surface area contributed by atoms with Crippen LogP contribution in [0.5, 0.6) is 5.75 Å². The quantitative estimate of drug-likeness (QED) is 0.251. The van der Waals surface area contributed by atoms with Gasteiger partial charge in [0, 0.05) is 16.8 Å². The van der Waals surface area contributed by atoms with Crippen LogP contribution in [0.3, 0.4) is 0 Å². The maximum absolute atomic E-state index is 14.1. The van der Waals surface area contributed by atoms with E-state index in [1.54, 1.807) is 22.0 Å². The third-order valence-electron chi connectivity index (χ3n) is 6.36. The van der Waals surface area contributed by atoms with Gasteiger partial charge in [-0.1, -0.05) is 11.3 Å². The SMILES string of the molecule is O=C(O)C[n+]1c(C=C2Oc3ccc(F)cc3[N+]23CCC3S(=O)(=O)[O-])sc2cc3sccc3cc21. The van der Waals surface area contributed by atoms with Gasteiger partial charge in [0.05, 0.1) is 13.0 Å². The largest absolute Gasteiger partial charge is 0.743 e. The molecular weight excluding hydrogens is 503 g/mol. The lowest BCUT2D eigenvalue weighted by Crippen LogP contribution is -2.67. The summed E-state index contributed by atoms with van der Waals surface area (Å²) in [6, 6.07) is 9.66. The van der Waals surface area contributed by atoms with Crippen LogP contribution in [-0.4, -0.2) is 36.0 Å². The van der Waals surface area contributed by atoms with Crippen molar-refractivity contribution in [2.45, 2.75) is 18.3 Å². The summed E-state index contributed by atoms with van der Waals surface area (Å²) < 4.78 is 59.5. The molecule has 4 heterocycles. The van der Waals surface area contributed by atoms with E-state index in [4.69, 9.17) is 4.74 Å². The number of halogens is 1. The molecule has 2 atom stereocenters. The number of hydrogen-bond acceptors (Lipinski definition) is 7. The van der Waals surface area contributed by atoms with E-state index in [0.29, 0.717) is 5.01 Å². The van der Waals surface area contributed by atoms with Crippen molar-refractivity contribution in [2.75, 3.05) is 6.54 Å². The first-order chi connectivity index (χ1) is 16.2. The Morgan fingerprint density at radius 1 is 1.29 bits per heavy atom. The number of benzene rings is 2. The molecule has 8 nitrogen and oxygen atoms in total. The minimum atomic E-state index is -4.73. The Morgan fingerprint density at radius 2 is 2.12 bits per heavy atom. The Hall–Kier alpha value is -2.90. The van der Waals surface area contributed by atoms with Crippen molar-refractivity contribution in [2.24, 2.45) is 0 Å².